The van der Waals surface area contributed by atoms with Crippen LogP contribution in [0.3, 0.4) is 0 Å². The van der Waals surface area contributed by atoms with Gasteiger partial charge in [-0.25, -0.2) is 9.18 Å². The largest absolute Gasteiger partial charge is 0.478 e. The zero-order chi connectivity index (χ0) is 12.7. The molecular weight excluding hydrogens is 243 g/mol. The number of carboxylic acids is 1. The van der Waals surface area contributed by atoms with E-state index in [2.05, 4.69) is 0 Å². The molecule has 0 aromatic heterocycles. The van der Waals surface area contributed by atoms with Crippen molar-refractivity contribution in [2.45, 2.75) is 12.2 Å². The number of benzene rings is 1. The predicted molar refractivity (Wildman–Crippen MR) is 66.0 cm³/mol. The van der Waals surface area contributed by atoms with Gasteiger partial charge in [0.2, 0.25) is 0 Å². The van der Waals surface area contributed by atoms with Crippen molar-refractivity contribution in [1.82, 2.24) is 0 Å². The van der Waals surface area contributed by atoms with Crippen LogP contribution in [0.15, 0.2) is 18.2 Å². The summed E-state index contributed by atoms with van der Waals surface area (Å²) in [7, 11) is 1.66. The fourth-order valence-electron chi connectivity index (χ4n) is 1.32. The minimum Gasteiger partial charge on any atom is -0.478 e. The number of hydrogen-bond acceptors (Lipinski definition) is 3. The maximum Gasteiger partial charge on any atom is 0.338 e. The van der Waals surface area contributed by atoms with Crippen LogP contribution in [-0.4, -0.2) is 30.5 Å². The Morgan fingerprint density at radius 1 is 1.53 bits per heavy atom. The van der Waals surface area contributed by atoms with Gasteiger partial charge in [-0.2, -0.15) is 11.8 Å². The second-order valence-corrected chi connectivity index (χ2v) is 4.62. The normalized spacial score (nSPS) is 10.5. The number of aromatic carboxylic acids is 1. The molecule has 1 aromatic carbocycles. The summed E-state index contributed by atoms with van der Waals surface area (Å²) in [6, 6.07) is 4.24. The van der Waals surface area contributed by atoms with E-state index in [1.54, 1.807) is 24.9 Å². The number of hydrogen-bond donors (Lipinski definition) is 1. The average Bonchev–Trinajstić information content (AvgIpc) is 2.28. The monoisotopic (exact) mass is 258 g/mol. The van der Waals surface area contributed by atoms with Gasteiger partial charge in [-0.15, -0.1) is 0 Å². The smallest absolute Gasteiger partial charge is 0.338 e. The van der Waals surface area contributed by atoms with Crippen LogP contribution in [0, 0.1) is 5.82 Å². The maximum atomic E-state index is 13.3. The van der Waals surface area contributed by atoms with Crippen molar-refractivity contribution in [3.05, 3.63) is 35.1 Å². The van der Waals surface area contributed by atoms with Gasteiger partial charge < -0.3 is 9.84 Å². The average molecular weight is 258 g/mol. The molecule has 1 aromatic rings. The third-order valence-corrected chi connectivity index (χ3v) is 3.28. The molecule has 0 radical (unpaired) electrons. The minimum atomic E-state index is -1.23. The van der Waals surface area contributed by atoms with Gasteiger partial charge in [0.15, 0.2) is 0 Å². The van der Waals surface area contributed by atoms with Gasteiger partial charge in [0, 0.05) is 19.5 Å². The Morgan fingerprint density at radius 3 is 2.88 bits per heavy atom. The highest BCUT2D eigenvalue weighted by Crippen LogP contribution is 2.16. The molecule has 17 heavy (non-hydrogen) atoms. The van der Waals surface area contributed by atoms with Crippen LogP contribution in [-0.2, 0) is 10.5 Å². The highest BCUT2D eigenvalue weighted by atomic mass is 32.2. The lowest BCUT2D eigenvalue weighted by Gasteiger charge is -2.03. The van der Waals surface area contributed by atoms with Crippen LogP contribution in [0.1, 0.15) is 22.3 Å². The van der Waals surface area contributed by atoms with E-state index in [1.165, 1.54) is 12.1 Å². The molecular formula is C12H15FO3S. The van der Waals surface area contributed by atoms with Crippen molar-refractivity contribution >= 4 is 17.7 Å². The SMILES string of the molecule is COCCCSCc1ccc(C(=O)O)c(F)c1. The number of methoxy groups -OCH3 is 1. The van der Waals surface area contributed by atoms with Crippen molar-refractivity contribution in [3.63, 3.8) is 0 Å². The molecule has 1 N–H and O–H groups in total. The lowest BCUT2D eigenvalue weighted by Crippen LogP contribution is -2.01. The molecule has 0 bridgehead atoms. The van der Waals surface area contributed by atoms with Gasteiger partial charge >= 0.3 is 5.97 Å². The molecule has 3 nitrogen and oxygen atoms in total. The lowest BCUT2D eigenvalue weighted by atomic mass is 10.1. The Labute approximate surface area is 104 Å². The van der Waals surface area contributed by atoms with Gasteiger partial charge in [-0.3, -0.25) is 0 Å². The number of carbonyl (C=O) groups is 1. The highest BCUT2D eigenvalue weighted by molar-refractivity contribution is 7.98. The van der Waals surface area contributed by atoms with Crippen LogP contribution in [0.2, 0.25) is 0 Å². The van der Waals surface area contributed by atoms with Gasteiger partial charge in [-0.05, 0) is 29.9 Å². The van der Waals surface area contributed by atoms with Crippen LogP contribution >= 0.6 is 11.8 Å². The second-order valence-electron chi connectivity index (χ2n) is 3.52. The Morgan fingerprint density at radius 2 is 2.29 bits per heavy atom. The van der Waals surface area contributed by atoms with E-state index >= 15 is 0 Å². The van der Waals surface area contributed by atoms with E-state index < -0.39 is 11.8 Å². The van der Waals surface area contributed by atoms with E-state index in [1.807, 2.05) is 0 Å². The Hall–Kier alpha value is -1.07. The first-order valence-electron chi connectivity index (χ1n) is 5.23. The van der Waals surface area contributed by atoms with Crippen LogP contribution in [0.25, 0.3) is 0 Å². The van der Waals surface area contributed by atoms with Gasteiger partial charge in [-0.1, -0.05) is 6.07 Å². The second kappa shape index (κ2) is 7.29. The highest BCUT2D eigenvalue weighted by Gasteiger charge is 2.09. The fourth-order valence-corrected chi connectivity index (χ4v) is 2.20. The van der Waals surface area contributed by atoms with Crippen molar-refractivity contribution in [3.8, 4) is 0 Å². The van der Waals surface area contributed by atoms with Crippen molar-refractivity contribution < 1.29 is 19.0 Å². The first-order valence-corrected chi connectivity index (χ1v) is 6.39. The van der Waals surface area contributed by atoms with E-state index in [-0.39, 0.29) is 5.56 Å². The number of rotatable bonds is 7. The minimum absolute atomic E-state index is 0.280. The molecule has 0 atom stereocenters. The molecule has 0 aliphatic carbocycles. The molecule has 0 aliphatic rings. The lowest BCUT2D eigenvalue weighted by molar-refractivity contribution is 0.0692. The molecule has 5 heteroatoms. The van der Waals surface area contributed by atoms with E-state index in [4.69, 9.17) is 9.84 Å². The first-order chi connectivity index (χ1) is 8.15. The standard InChI is InChI=1S/C12H15FO3S/c1-16-5-2-6-17-8-9-3-4-10(12(14)15)11(13)7-9/h3-4,7H,2,5-6,8H2,1H3,(H,14,15). The summed E-state index contributed by atoms with van der Waals surface area (Å²) < 4.78 is 18.2. The molecule has 0 amide bonds. The zero-order valence-corrected chi connectivity index (χ0v) is 10.4. The van der Waals surface area contributed by atoms with Gasteiger partial charge in [0.25, 0.3) is 0 Å². The molecule has 0 aliphatic heterocycles. The number of halogens is 1. The number of ether oxygens (including phenoxy) is 1. The van der Waals surface area contributed by atoms with Crippen LogP contribution < -0.4 is 0 Å². The molecule has 1 rings (SSSR count). The van der Waals surface area contributed by atoms with E-state index in [9.17, 15) is 9.18 Å². The predicted octanol–water partition coefficient (Wildman–Crippen LogP) is 2.79. The van der Waals surface area contributed by atoms with E-state index in [0.29, 0.717) is 5.75 Å². The molecule has 0 spiro atoms. The quantitative estimate of drug-likeness (QED) is 0.764. The third kappa shape index (κ3) is 4.75. The van der Waals surface area contributed by atoms with Crippen molar-refractivity contribution in [2.24, 2.45) is 0 Å². The molecule has 0 saturated heterocycles. The van der Waals surface area contributed by atoms with E-state index in [0.717, 1.165) is 24.3 Å². The maximum absolute atomic E-state index is 13.3. The topological polar surface area (TPSA) is 46.5 Å². The number of carboxylic acid groups (broad SMARTS) is 1. The van der Waals surface area contributed by atoms with Crippen molar-refractivity contribution in [2.75, 3.05) is 19.5 Å². The molecule has 0 saturated carbocycles. The summed E-state index contributed by atoms with van der Waals surface area (Å²) >= 11 is 1.68. The molecule has 94 valence electrons. The van der Waals surface area contributed by atoms with Gasteiger partial charge in [0.05, 0.1) is 5.56 Å². The van der Waals surface area contributed by atoms with Crippen LogP contribution in [0.5, 0.6) is 0 Å². The molecule has 0 fully saturated rings. The molecule has 0 unspecified atom stereocenters. The first kappa shape index (κ1) is 14.0. The summed E-state index contributed by atoms with van der Waals surface area (Å²) in [6.07, 6.45) is 0.955. The summed E-state index contributed by atoms with van der Waals surface area (Å²) in [4.78, 5) is 10.6. The Bertz CT molecular complexity index is 382. The summed E-state index contributed by atoms with van der Waals surface area (Å²) in [6.45, 7) is 0.722. The summed E-state index contributed by atoms with van der Waals surface area (Å²) in [5.74, 6) is -0.286. The van der Waals surface area contributed by atoms with Crippen molar-refractivity contribution in [1.29, 1.82) is 0 Å². The van der Waals surface area contributed by atoms with Gasteiger partial charge in [0.1, 0.15) is 5.82 Å². The Balaban J connectivity index is 2.45. The summed E-state index contributed by atoms with van der Waals surface area (Å²) in [5, 5.41) is 8.67. The summed E-state index contributed by atoms with van der Waals surface area (Å²) in [5.41, 5.74) is 0.521. The third-order valence-electron chi connectivity index (χ3n) is 2.17. The Kier molecular flexibility index (Phi) is 6.00. The zero-order valence-electron chi connectivity index (χ0n) is 9.61. The van der Waals surface area contributed by atoms with Crippen LogP contribution in [0.4, 0.5) is 4.39 Å². The molecule has 0 heterocycles. The number of thioether (sulfide) groups is 1. The fraction of sp³-hybridized carbons (Fsp3) is 0.417.